The van der Waals surface area contributed by atoms with Crippen LogP contribution in [0.3, 0.4) is 0 Å². The van der Waals surface area contributed by atoms with Gasteiger partial charge in [0, 0.05) is 35.3 Å². The summed E-state index contributed by atoms with van der Waals surface area (Å²) in [6, 6.07) is 20.3. The molecule has 6 aromatic rings. The molecule has 0 unspecified atom stereocenters. The Morgan fingerprint density at radius 1 is 0.952 bits per heavy atom. The molecule has 0 spiro atoms. The molecule has 0 radical (unpaired) electrons. The third-order valence-electron chi connectivity index (χ3n) is 6.64. The van der Waals surface area contributed by atoms with Gasteiger partial charge in [0.25, 0.3) is 5.56 Å². The third-order valence-corrected chi connectivity index (χ3v) is 10.5. The van der Waals surface area contributed by atoms with Gasteiger partial charge in [0.05, 0.1) is 15.1 Å². The van der Waals surface area contributed by atoms with E-state index in [2.05, 4.69) is 10.1 Å². The Morgan fingerprint density at radius 3 is 2.48 bits per heavy atom. The van der Waals surface area contributed by atoms with Crippen LogP contribution >= 0.6 is 22.7 Å². The minimum atomic E-state index is -3.67. The Morgan fingerprint density at radius 2 is 1.76 bits per heavy atom. The smallest absolute Gasteiger partial charge is 0.266 e. The number of nitrogens with zero attached hydrogens (tertiary/aromatic N) is 6. The van der Waals surface area contributed by atoms with Crippen molar-refractivity contribution in [1.29, 1.82) is 0 Å². The second-order valence-corrected chi connectivity index (χ2v) is 13.2. The zero-order valence-electron chi connectivity index (χ0n) is 22.8. The maximum absolute atomic E-state index is 13.3. The quantitative estimate of drug-likeness (QED) is 0.232. The van der Waals surface area contributed by atoms with E-state index in [1.54, 1.807) is 46.4 Å². The Labute approximate surface area is 250 Å². The lowest BCUT2D eigenvalue weighted by molar-refractivity contribution is 0.445. The molecule has 0 fully saturated rings. The molecule has 0 saturated carbocycles. The molecule has 9 nitrogen and oxygen atoms in total. The van der Waals surface area contributed by atoms with Gasteiger partial charge in [0.1, 0.15) is 5.69 Å². The van der Waals surface area contributed by atoms with E-state index in [0.29, 0.717) is 45.2 Å². The fourth-order valence-electron chi connectivity index (χ4n) is 4.55. The van der Waals surface area contributed by atoms with Crippen molar-refractivity contribution in [2.45, 2.75) is 18.7 Å². The number of hydrogen-bond donors (Lipinski definition) is 0. The average molecular weight is 615 g/mol. The number of para-hydroxylation sites is 1. The highest BCUT2D eigenvalue weighted by atomic mass is 32.2. The zero-order valence-corrected chi connectivity index (χ0v) is 25.2. The molecule has 0 N–H and O–H groups in total. The molecule has 2 aromatic carbocycles. The summed E-state index contributed by atoms with van der Waals surface area (Å²) in [6.07, 6.45) is 7.30. The molecular formula is C30H26N6O3S3. The Kier molecular flexibility index (Phi) is 7.69. The van der Waals surface area contributed by atoms with E-state index in [4.69, 9.17) is 5.10 Å². The molecule has 0 atom stereocenters. The van der Waals surface area contributed by atoms with Gasteiger partial charge in [-0.05, 0) is 53.9 Å². The molecule has 0 amide bonds. The third kappa shape index (κ3) is 5.37. The predicted molar refractivity (Wildman–Crippen MR) is 168 cm³/mol. The van der Waals surface area contributed by atoms with Crippen LogP contribution < -0.4 is 10.1 Å². The average Bonchev–Trinajstić information content (AvgIpc) is 3.80. The Hall–Kier alpha value is -4.23. The van der Waals surface area contributed by atoms with Crippen LogP contribution in [0.5, 0.6) is 0 Å². The van der Waals surface area contributed by atoms with Gasteiger partial charge < -0.3 is 0 Å². The van der Waals surface area contributed by atoms with E-state index in [1.807, 2.05) is 80.0 Å². The summed E-state index contributed by atoms with van der Waals surface area (Å²) in [7, 11) is -3.67. The molecule has 0 aliphatic heterocycles. The molecule has 4 heterocycles. The number of benzene rings is 2. The molecule has 0 saturated heterocycles. The SMILES string of the molecule is CCN(CC)S(=O)(=O)c1cccc(-c2nn(-c3ccccc3)cc2/C=c2\sc3nc(/C=C/c4cccs4)nn3c2=O)c1. The van der Waals surface area contributed by atoms with Gasteiger partial charge in [-0.1, -0.05) is 61.6 Å². The van der Waals surface area contributed by atoms with Crippen LogP contribution in [0, 0.1) is 0 Å². The highest BCUT2D eigenvalue weighted by Crippen LogP contribution is 2.28. The number of sulfonamides is 1. The second kappa shape index (κ2) is 11.6. The zero-order chi connectivity index (χ0) is 29.3. The van der Waals surface area contributed by atoms with Gasteiger partial charge in [0.15, 0.2) is 5.82 Å². The van der Waals surface area contributed by atoms with E-state index >= 15 is 0 Å². The lowest BCUT2D eigenvalue weighted by Gasteiger charge is -2.18. The first-order valence-corrected chi connectivity index (χ1v) is 16.4. The van der Waals surface area contributed by atoms with Crippen LogP contribution in [0.4, 0.5) is 0 Å². The maximum atomic E-state index is 13.3. The monoisotopic (exact) mass is 614 g/mol. The maximum Gasteiger partial charge on any atom is 0.291 e. The van der Waals surface area contributed by atoms with Crippen molar-refractivity contribution in [3.8, 4) is 16.9 Å². The number of thiophene rings is 1. The van der Waals surface area contributed by atoms with Gasteiger partial charge in [-0.3, -0.25) is 4.79 Å². The molecule has 4 aromatic heterocycles. The molecule has 42 heavy (non-hydrogen) atoms. The number of fused-ring (bicyclic) bond motifs is 1. The first-order valence-electron chi connectivity index (χ1n) is 13.3. The minimum Gasteiger partial charge on any atom is -0.266 e. The summed E-state index contributed by atoms with van der Waals surface area (Å²) < 4.78 is 31.4. The van der Waals surface area contributed by atoms with Crippen LogP contribution in [0.2, 0.25) is 0 Å². The van der Waals surface area contributed by atoms with Crippen LogP contribution in [0.1, 0.15) is 30.1 Å². The van der Waals surface area contributed by atoms with Gasteiger partial charge in [-0.15, -0.1) is 16.4 Å². The summed E-state index contributed by atoms with van der Waals surface area (Å²) in [5.41, 5.74) is 2.38. The van der Waals surface area contributed by atoms with Crippen molar-refractivity contribution in [2.75, 3.05) is 13.1 Å². The van der Waals surface area contributed by atoms with Gasteiger partial charge in [-0.25, -0.2) is 13.1 Å². The van der Waals surface area contributed by atoms with Crippen molar-refractivity contribution in [3.05, 3.63) is 109 Å². The van der Waals surface area contributed by atoms with Gasteiger partial charge in [0.2, 0.25) is 15.0 Å². The number of aromatic nitrogens is 5. The highest BCUT2D eigenvalue weighted by molar-refractivity contribution is 7.89. The standard InChI is InChI=1S/C30H26N6O3S3/c1-3-34(4-2)42(38,39)25-14-8-10-21(18-25)28-22(20-35(33-28)23-11-6-5-7-12-23)19-26-29(37)36-30(41-26)31-27(32-36)16-15-24-13-9-17-40-24/h5-20H,3-4H2,1-2H3/b16-15+,26-19-. The molecular weight excluding hydrogens is 589 g/mol. The number of thiazole rings is 1. The van der Waals surface area contributed by atoms with Crippen molar-refractivity contribution in [3.63, 3.8) is 0 Å². The van der Waals surface area contributed by atoms with E-state index in [9.17, 15) is 13.2 Å². The topological polar surface area (TPSA) is 102 Å². The number of hydrogen-bond acceptors (Lipinski definition) is 8. The van der Waals surface area contributed by atoms with Crippen LogP contribution in [-0.4, -0.2) is 50.2 Å². The lowest BCUT2D eigenvalue weighted by Crippen LogP contribution is -2.30. The molecule has 12 heteroatoms. The second-order valence-electron chi connectivity index (χ2n) is 9.26. The van der Waals surface area contributed by atoms with Crippen molar-refractivity contribution >= 4 is 55.9 Å². The summed E-state index contributed by atoms with van der Waals surface area (Å²) in [5, 5.41) is 11.2. The van der Waals surface area contributed by atoms with Crippen molar-refractivity contribution < 1.29 is 8.42 Å². The van der Waals surface area contributed by atoms with Crippen molar-refractivity contribution in [2.24, 2.45) is 0 Å². The van der Waals surface area contributed by atoms with E-state index in [0.717, 1.165) is 10.6 Å². The van der Waals surface area contributed by atoms with Gasteiger partial charge >= 0.3 is 0 Å². The summed E-state index contributed by atoms with van der Waals surface area (Å²) in [6.45, 7) is 4.37. The van der Waals surface area contributed by atoms with E-state index in [-0.39, 0.29) is 10.5 Å². The van der Waals surface area contributed by atoms with Crippen LogP contribution in [-0.2, 0) is 10.0 Å². The Bertz CT molecular complexity index is 2110. The van der Waals surface area contributed by atoms with E-state index in [1.165, 1.54) is 20.2 Å². The molecule has 212 valence electrons. The summed E-state index contributed by atoms with van der Waals surface area (Å²) >= 11 is 2.85. The molecule has 0 bridgehead atoms. The van der Waals surface area contributed by atoms with Crippen LogP contribution in [0.25, 0.3) is 40.1 Å². The fraction of sp³-hybridized carbons (Fsp3) is 0.133. The van der Waals surface area contributed by atoms with Crippen LogP contribution in [0.15, 0.2) is 88.0 Å². The van der Waals surface area contributed by atoms with Gasteiger partial charge in [-0.2, -0.15) is 18.9 Å². The first kappa shape index (κ1) is 27.9. The number of rotatable bonds is 9. The highest BCUT2D eigenvalue weighted by Gasteiger charge is 2.23. The Balaban J connectivity index is 1.45. The summed E-state index contributed by atoms with van der Waals surface area (Å²) in [4.78, 5) is 19.6. The fourth-order valence-corrected chi connectivity index (χ4v) is 7.58. The molecule has 6 rings (SSSR count). The normalized spacial score (nSPS) is 12.8. The largest absolute Gasteiger partial charge is 0.291 e. The van der Waals surface area contributed by atoms with Crippen molar-refractivity contribution in [1.82, 2.24) is 28.7 Å². The lowest BCUT2D eigenvalue weighted by atomic mass is 10.1. The molecule has 0 aliphatic rings. The predicted octanol–water partition coefficient (Wildman–Crippen LogP) is 4.81. The minimum absolute atomic E-state index is 0.190. The molecule has 0 aliphatic carbocycles. The summed E-state index contributed by atoms with van der Waals surface area (Å²) in [5.74, 6) is 0.460. The van der Waals surface area contributed by atoms with E-state index < -0.39 is 10.0 Å². The first-order chi connectivity index (χ1) is 20.4.